The third kappa shape index (κ3) is 2.16. The smallest absolute Gasteiger partial charge is 0.319 e. The Morgan fingerprint density at radius 3 is 2.93 bits per heavy atom. The van der Waals surface area contributed by atoms with Crippen LogP contribution in [0.3, 0.4) is 0 Å². The Kier molecular flexibility index (Phi) is 3.69. The number of carbonyl (C=O) groups is 2. The van der Waals surface area contributed by atoms with Crippen molar-refractivity contribution in [3.63, 3.8) is 0 Å². The number of hydrogen-bond acceptors (Lipinski definition) is 3. The molecule has 0 fully saturated rings. The van der Waals surface area contributed by atoms with E-state index in [0.29, 0.717) is 19.4 Å². The van der Waals surface area contributed by atoms with Gasteiger partial charge in [0.15, 0.2) is 5.78 Å². The number of carbonyl (C=O) groups excluding carboxylic acids is 2. The molecule has 0 amide bonds. The molecule has 3 nitrogen and oxygen atoms in total. The number of hydrogen-bond donors (Lipinski definition) is 0. The number of allylic oxidation sites excluding steroid dienone is 2. The number of ketones is 1. The fourth-order valence-electron chi connectivity index (χ4n) is 1.41. The maximum Gasteiger partial charge on any atom is 0.319 e. The van der Waals surface area contributed by atoms with E-state index in [9.17, 15) is 9.59 Å². The molecule has 0 radical (unpaired) electrons. The summed E-state index contributed by atoms with van der Waals surface area (Å²) in [6.07, 6.45) is 2.68. The molecule has 0 aromatic rings. The zero-order valence-corrected chi connectivity index (χ0v) is 10.5. The molecule has 0 saturated carbocycles. The molecule has 4 heteroatoms. The second-order valence-electron chi connectivity index (χ2n) is 3.51. The van der Waals surface area contributed by atoms with Crippen molar-refractivity contribution >= 4 is 34.3 Å². The molecule has 14 heavy (non-hydrogen) atoms. The van der Waals surface area contributed by atoms with Crippen LogP contribution >= 0.6 is 22.6 Å². The highest BCUT2D eigenvalue weighted by molar-refractivity contribution is 14.1. The topological polar surface area (TPSA) is 43.4 Å². The summed E-state index contributed by atoms with van der Waals surface area (Å²) in [5.74, 6) is -0.441. The highest BCUT2D eigenvalue weighted by atomic mass is 127. The first-order chi connectivity index (χ1) is 6.50. The Morgan fingerprint density at radius 2 is 2.36 bits per heavy atom. The van der Waals surface area contributed by atoms with Gasteiger partial charge in [0, 0.05) is 12.8 Å². The van der Waals surface area contributed by atoms with Crippen LogP contribution in [0.2, 0.25) is 0 Å². The second-order valence-corrected chi connectivity index (χ2v) is 4.89. The van der Waals surface area contributed by atoms with Crippen LogP contribution in [0.1, 0.15) is 26.7 Å². The highest BCUT2D eigenvalue weighted by Crippen LogP contribution is 2.36. The van der Waals surface area contributed by atoms with Crippen molar-refractivity contribution in [2.75, 3.05) is 6.61 Å². The Morgan fingerprint density at radius 1 is 1.71 bits per heavy atom. The second kappa shape index (κ2) is 4.42. The molecule has 1 aliphatic carbocycles. The van der Waals surface area contributed by atoms with Crippen molar-refractivity contribution < 1.29 is 14.3 Å². The average molecular weight is 308 g/mol. The molecule has 0 saturated heterocycles. The van der Waals surface area contributed by atoms with Crippen LogP contribution in [0.15, 0.2) is 9.66 Å². The van der Waals surface area contributed by atoms with E-state index in [1.54, 1.807) is 13.8 Å². The van der Waals surface area contributed by atoms with Crippen LogP contribution in [0.25, 0.3) is 0 Å². The van der Waals surface area contributed by atoms with Gasteiger partial charge in [-0.25, -0.2) is 0 Å². The quantitative estimate of drug-likeness (QED) is 0.446. The van der Waals surface area contributed by atoms with E-state index in [4.69, 9.17) is 4.74 Å². The van der Waals surface area contributed by atoms with Crippen LogP contribution < -0.4 is 0 Å². The minimum Gasteiger partial charge on any atom is -0.465 e. The summed E-state index contributed by atoms with van der Waals surface area (Å²) in [4.78, 5) is 23.2. The maximum absolute atomic E-state index is 11.6. The monoisotopic (exact) mass is 308 g/mol. The summed E-state index contributed by atoms with van der Waals surface area (Å²) in [5.41, 5.74) is -0.957. The molecule has 78 valence electrons. The zero-order valence-electron chi connectivity index (χ0n) is 8.30. The van der Waals surface area contributed by atoms with E-state index in [1.807, 2.05) is 6.08 Å². The summed E-state index contributed by atoms with van der Waals surface area (Å²) >= 11 is 2.15. The normalized spacial score (nSPS) is 27.1. The number of esters is 1. The molecule has 0 aromatic carbocycles. The molecule has 0 aromatic heterocycles. The van der Waals surface area contributed by atoms with E-state index in [-0.39, 0.29) is 5.78 Å². The first-order valence-electron chi connectivity index (χ1n) is 4.55. The van der Waals surface area contributed by atoms with Crippen molar-refractivity contribution in [1.29, 1.82) is 0 Å². The SMILES string of the molecule is CCOC(=O)C1(C)CC(I)=CCC1=O. The average Bonchev–Trinajstić information content (AvgIpc) is 2.12. The number of ether oxygens (including phenoxy) is 1. The van der Waals surface area contributed by atoms with Gasteiger partial charge in [-0.05, 0) is 40.0 Å². The van der Waals surface area contributed by atoms with Gasteiger partial charge in [-0.1, -0.05) is 6.08 Å². The lowest BCUT2D eigenvalue weighted by Crippen LogP contribution is -2.39. The molecule has 0 spiro atoms. The number of rotatable bonds is 2. The van der Waals surface area contributed by atoms with Crippen LogP contribution in [-0.2, 0) is 14.3 Å². The summed E-state index contributed by atoms with van der Waals surface area (Å²) in [7, 11) is 0. The number of halogens is 1. The van der Waals surface area contributed by atoms with E-state index >= 15 is 0 Å². The van der Waals surface area contributed by atoms with Gasteiger partial charge in [0.25, 0.3) is 0 Å². The lowest BCUT2D eigenvalue weighted by Gasteiger charge is -2.28. The van der Waals surface area contributed by atoms with E-state index in [0.717, 1.165) is 3.58 Å². The van der Waals surface area contributed by atoms with Gasteiger partial charge in [0.2, 0.25) is 0 Å². The van der Waals surface area contributed by atoms with Crippen molar-refractivity contribution in [1.82, 2.24) is 0 Å². The largest absolute Gasteiger partial charge is 0.465 e. The van der Waals surface area contributed by atoms with Crippen molar-refractivity contribution in [2.24, 2.45) is 5.41 Å². The van der Waals surface area contributed by atoms with Crippen LogP contribution in [-0.4, -0.2) is 18.4 Å². The molecule has 0 aliphatic heterocycles. The third-order valence-corrected chi connectivity index (χ3v) is 3.19. The Hall–Kier alpha value is -0.390. The van der Waals surface area contributed by atoms with Gasteiger partial charge in [0.1, 0.15) is 5.41 Å². The first kappa shape index (κ1) is 11.7. The van der Waals surface area contributed by atoms with Gasteiger partial charge in [0.05, 0.1) is 6.61 Å². The van der Waals surface area contributed by atoms with Crippen molar-refractivity contribution in [2.45, 2.75) is 26.7 Å². The molecular weight excluding hydrogens is 295 g/mol. The first-order valence-corrected chi connectivity index (χ1v) is 5.63. The zero-order chi connectivity index (χ0) is 10.8. The fourth-order valence-corrected chi connectivity index (χ4v) is 2.40. The summed E-state index contributed by atoms with van der Waals surface area (Å²) in [6.45, 7) is 3.73. The predicted octanol–water partition coefficient (Wildman–Crippen LogP) is 2.24. The fraction of sp³-hybridized carbons (Fsp3) is 0.600. The Labute approximate surface area is 97.0 Å². The summed E-state index contributed by atoms with van der Waals surface area (Å²) < 4.78 is 5.97. The van der Waals surface area contributed by atoms with Crippen molar-refractivity contribution in [3.8, 4) is 0 Å². The minimum absolute atomic E-state index is 0.0450. The highest BCUT2D eigenvalue weighted by Gasteiger charge is 2.43. The molecule has 0 bridgehead atoms. The van der Waals surface area contributed by atoms with Gasteiger partial charge in [-0.15, -0.1) is 0 Å². The molecular formula is C10H13IO3. The summed E-state index contributed by atoms with van der Waals surface area (Å²) in [6, 6.07) is 0. The summed E-state index contributed by atoms with van der Waals surface area (Å²) in [5, 5.41) is 0. The van der Waals surface area contributed by atoms with Crippen molar-refractivity contribution in [3.05, 3.63) is 9.66 Å². The molecule has 1 aliphatic rings. The maximum atomic E-state index is 11.6. The predicted molar refractivity (Wildman–Crippen MR) is 61.1 cm³/mol. The Balaban J connectivity index is 2.87. The van der Waals surface area contributed by atoms with Crippen LogP contribution in [0, 0.1) is 5.41 Å². The standard InChI is InChI=1S/C10H13IO3/c1-3-14-9(13)10(2)6-7(11)4-5-8(10)12/h4H,3,5-6H2,1-2H3. The Bertz CT molecular complexity index is 296. The van der Waals surface area contributed by atoms with Gasteiger partial charge >= 0.3 is 5.97 Å². The van der Waals surface area contributed by atoms with Gasteiger partial charge in [-0.2, -0.15) is 0 Å². The third-order valence-electron chi connectivity index (χ3n) is 2.37. The van der Waals surface area contributed by atoms with E-state index in [1.165, 1.54) is 0 Å². The molecule has 1 rings (SSSR count). The molecule has 0 heterocycles. The van der Waals surface area contributed by atoms with Gasteiger partial charge in [-0.3, -0.25) is 9.59 Å². The van der Waals surface area contributed by atoms with E-state index < -0.39 is 11.4 Å². The number of Topliss-reactive ketones (excluding diaryl/α,β-unsaturated/α-hetero) is 1. The molecule has 1 atom stereocenters. The molecule has 1 unspecified atom stereocenters. The minimum atomic E-state index is -0.957. The molecule has 0 N–H and O–H groups in total. The van der Waals surface area contributed by atoms with Crippen LogP contribution in [0.4, 0.5) is 0 Å². The van der Waals surface area contributed by atoms with Gasteiger partial charge < -0.3 is 4.74 Å². The lowest BCUT2D eigenvalue weighted by atomic mass is 9.78. The van der Waals surface area contributed by atoms with E-state index in [2.05, 4.69) is 22.6 Å². The lowest BCUT2D eigenvalue weighted by molar-refractivity contribution is -0.159. The van der Waals surface area contributed by atoms with Crippen LogP contribution in [0.5, 0.6) is 0 Å².